The third-order valence-electron chi connectivity index (χ3n) is 3.67. The van der Waals surface area contributed by atoms with Crippen LogP contribution in [0.5, 0.6) is 5.75 Å². The first kappa shape index (κ1) is 15.5. The number of para-hydroxylation sites is 1. The van der Waals surface area contributed by atoms with Gasteiger partial charge in [0.2, 0.25) is 5.91 Å². The Morgan fingerprint density at radius 2 is 1.81 bits per heavy atom. The second kappa shape index (κ2) is 7.22. The number of carbonyl (C=O) groups excluding carboxylic acids is 2. The van der Waals surface area contributed by atoms with Crippen LogP contribution in [0.1, 0.15) is 24.2 Å². The average molecular weight is 290 g/mol. The number of ketones is 1. The minimum Gasteiger partial charge on any atom is -0.493 e. The van der Waals surface area contributed by atoms with Gasteiger partial charge in [-0.05, 0) is 19.1 Å². The van der Waals surface area contributed by atoms with Crippen molar-refractivity contribution < 1.29 is 14.3 Å². The maximum Gasteiger partial charge on any atom is 0.219 e. The van der Waals surface area contributed by atoms with Gasteiger partial charge in [0.05, 0.1) is 18.7 Å². The van der Waals surface area contributed by atoms with Gasteiger partial charge in [0, 0.05) is 33.1 Å². The van der Waals surface area contributed by atoms with Crippen molar-refractivity contribution in [3.8, 4) is 5.75 Å². The maximum absolute atomic E-state index is 12.4. The van der Waals surface area contributed by atoms with Crippen molar-refractivity contribution in [3.63, 3.8) is 0 Å². The lowest BCUT2D eigenvalue weighted by Crippen LogP contribution is -2.49. The van der Waals surface area contributed by atoms with Crippen LogP contribution in [-0.4, -0.2) is 60.8 Å². The zero-order valence-corrected chi connectivity index (χ0v) is 12.7. The van der Waals surface area contributed by atoms with Crippen LogP contribution in [0.25, 0.3) is 0 Å². The minimum atomic E-state index is 0.0651. The summed E-state index contributed by atoms with van der Waals surface area (Å²) in [6.45, 7) is 7.26. The lowest BCUT2D eigenvalue weighted by Gasteiger charge is -2.33. The Kier molecular flexibility index (Phi) is 5.33. The fourth-order valence-corrected chi connectivity index (χ4v) is 2.49. The first-order chi connectivity index (χ1) is 10.1. The lowest BCUT2D eigenvalue weighted by atomic mass is 10.1. The predicted octanol–water partition coefficient (Wildman–Crippen LogP) is 1.43. The highest BCUT2D eigenvalue weighted by atomic mass is 16.5. The molecular formula is C16H22N2O3. The number of nitrogens with zero attached hydrogens (tertiary/aromatic N) is 2. The van der Waals surface area contributed by atoms with Gasteiger partial charge in [0.25, 0.3) is 0 Å². The highest BCUT2D eigenvalue weighted by molar-refractivity contribution is 6.00. The Balaban J connectivity index is 1.95. The fraction of sp³-hybridized carbons (Fsp3) is 0.500. The van der Waals surface area contributed by atoms with Crippen LogP contribution >= 0.6 is 0 Å². The Morgan fingerprint density at radius 1 is 1.14 bits per heavy atom. The summed E-state index contributed by atoms with van der Waals surface area (Å²) in [5.41, 5.74) is 0.633. The zero-order valence-electron chi connectivity index (χ0n) is 12.7. The molecule has 1 amide bonds. The molecule has 1 aromatic rings. The van der Waals surface area contributed by atoms with Gasteiger partial charge in [0.1, 0.15) is 5.75 Å². The number of benzene rings is 1. The monoisotopic (exact) mass is 290 g/mol. The molecule has 1 saturated heterocycles. The minimum absolute atomic E-state index is 0.0651. The van der Waals surface area contributed by atoms with E-state index in [1.54, 1.807) is 13.0 Å². The van der Waals surface area contributed by atoms with E-state index in [1.807, 2.05) is 30.0 Å². The molecule has 2 rings (SSSR count). The second-order valence-electron chi connectivity index (χ2n) is 5.13. The van der Waals surface area contributed by atoms with Crippen LogP contribution in [0.4, 0.5) is 0 Å². The van der Waals surface area contributed by atoms with Crippen LogP contribution in [0.2, 0.25) is 0 Å². The van der Waals surface area contributed by atoms with Crippen molar-refractivity contribution in [2.75, 3.05) is 39.3 Å². The van der Waals surface area contributed by atoms with Crippen molar-refractivity contribution in [1.82, 2.24) is 9.80 Å². The molecule has 0 aromatic heterocycles. The number of rotatable bonds is 5. The third-order valence-corrected chi connectivity index (χ3v) is 3.67. The number of carbonyl (C=O) groups is 2. The highest BCUT2D eigenvalue weighted by Gasteiger charge is 2.21. The van der Waals surface area contributed by atoms with Gasteiger partial charge in [-0.2, -0.15) is 0 Å². The van der Waals surface area contributed by atoms with Crippen molar-refractivity contribution in [3.05, 3.63) is 29.8 Å². The summed E-state index contributed by atoms with van der Waals surface area (Å²) in [6.07, 6.45) is 0. The summed E-state index contributed by atoms with van der Waals surface area (Å²) in [5.74, 6) is 0.811. The van der Waals surface area contributed by atoms with Crippen molar-refractivity contribution in [1.29, 1.82) is 0 Å². The molecular weight excluding hydrogens is 268 g/mol. The maximum atomic E-state index is 12.4. The number of Topliss-reactive ketones (excluding diaryl/α,β-unsaturated/α-hetero) is 1. The fourth-order valence-electron chi connectivity index (χ4n) is 2.49. The number of hydrogen-bond donors (Lipinski definition) is 0. The van der Waals surface area contributed by atoms with E-state index >= 15 is 0 Å². The van der Waals surface area contributed by atoms with Crippen LogP contribution in [0.3, 0.4) is 0 Å². The Morgan fingerprint density at radius 3 is 2.43 bits per heavy atom. The van der Waals surface area contributed by atoms with E-state index in [9.17, 15) is 9.59 Å². The smallest absolute Gasteiger partial charge is 0.219 e. The van der Waals surface area contributed by atoms with Gasteiger partial charge >= 0.3 is 0 Å². The third kappa shape index (κ3) is 4.04. The molecule has 0 bridgehead atoms. The van der Waals surface area contributed by atoms with Crippen molar-refractivity contribution >= 4 is 11.7 Å². The molecule has 0 aliphatic carbocycles. The van der Waals surface area contributed by atoms with E-state index in [-0.39, 0.29) is 11.7 Å². The first-order valence-electron chi connectivity index (χ1n) is 7.34. The summed E-state index contributed by atoms with van der Waals surface area (Å²) >= 11 is 0. The van der Waals surface area contributed by atoms with E-state index < -0.39 is 0 Å². The van der Waals surface area contributed by atoms with Gasteiger partial charge in [-0.25, -0.2) is 0 Å². The SMILES string of the molecule is CCOc1ccccc1C(=O)CN1CCN(C(C)=O)CC1. The molecule has 5 heteroatoms. The molecule has 0 atom stereocenters. The summed E-state index contributed by atoms with van der Waals surface area (Å²) in [5, 5.41) is 0. The number of ether oxygens (including phenoxy) is 1. The molecule has 0 unspecified atom stereocenters. The van der Waals surface area contributed by atoms with Crippen LogP contribution in [0.15, 0.2) is 24.3 Å². The molecule has 5 nitrogen and oxygen atoms in total. The standard InChI is InChI=1S/C16H22N2O3/c1-3-21-16-7-5-4-6-14(16)15(20)12-17-8-10-18(11-9-17)13(2)19/h4-7H,3,8-12H2,1-2H3. The molecule has 1 aliphatic rings. The lowest BCUT2D eigenvalue weighted by molar-refractivity contribution is -0.130. The van der Waals surface area contributed by atoms with Gasteiger partial charge in [0.15, 0.2) is 5.78 Å². The van der Waals surface area contributed by atoms with E-state index in [2.05, 4.69) is 4.90 Å². The number of piperazine rings is 1. The van der Waals surface area contributed by atoms with Crippen molar-refractivity contribution in [2.45, 2.75) is 13.8 Å². The topological polar surface area (TPSA) is 49.9 Å². The molecule has 0 spiro atoms. The average Bonchev–Trinajstić information content (AvgIpc) is 2.48. The quantitative estimate of drug-likeness (QED) is 0.770. The van der Waals surface area contributed by atoms with Gasteiger partial charge < -0.3 is 9.64 Å². The Bertz CT molecular complexity index is 508. The number of amides is 1. The molecule has 0 radical (unpaired) electrons. The van der Waals surface area contributed by atoms with Crippen LogP contribution in [0, 0.1) is 0 Å². The summed E-state index contributed by atoms with van der Waals surface area (Å²) in [4.78, 5) is 27.6. The first-order valence-corrected chi connectivity index (χ1v) is 7.34. The van der Waals surface area contributed by atoms with E-state index in [1.165, 1.54) is 0 Å². The Labute approximate surface area is 125 Å². The van der Waals surface area contributed by atoms with E-state index in [4.69, 9.17) is 4.74 Å². The molecule has 1 fully saturated rings. The largest absolute Gasteiger partial charge is 0.493 e. The highest BCUT2D eigenvalue weighted by Crippen LogP contribution is 2.19. The molecule has 0 N–H and O–H groups in total. The molecule has 1 heterocycles. The zero-order chi connectivity index (χ0) is 15.2. The normalized spacial score (nSPS) is 15.8. The molecule has 0 saturated carbocycles. The summed E-state index contributed by atoms with van der Waals surface area (Å²) in [7, 11) is 0. The molecule has 114 valence electrons. The van der Waals surface area contributed by atoms with E-state index in [0.29, 0.717) is 37.6 Å². The second-order valence-corrected chi connectivity index (χ2v) is 5.13. The summed E-state index contributed by atoms with van der Waals surface area (Å²) < 4.78 is 5.50. The van der Waals surface area contributed by atoms with Crippen LogP contribution < -0.4 is 4.74 Å². The summed E-state index contributed by atoms with van der Waals surface area (Å²) in [6, 6.07) is 7.35. The number of hydrogen-bond acceptors (Lipinski definition) is 4. The van der Waals surface area contributed by atoms with Gasteiger partial charge in [-0.1, -0.05) is 12.1 Å². The Hall–Kier alpha value is -1.88. The molecule has 1 aromatic carbocycles. The predicted molar refractivity (Wildman–Crippen MR) is 80.6 cm³/mol. The van der Waals surface area contributed by atoms with Crippen LogP contribution in [-0.2, 0) is 4.79 Å². The van der Waals surface area contributed by atoms with Gasteiger partial charge in [-0.15, -0.1) is 0 Å². The van der Waals surface area contributed by atoms with Gasteiger partial charge in [-0.3, -0.25) is 14.5 Å². The van der Waals surface area contributed by atoms with E-state index in [0.717, 1.165) is 13.1 Å². The van der Waals surface area contributed by atoms with Crippen molar-refractivity contribution in [2.24, 2.45) is 0 Å². The molecule has 21 heavy (non-hydrogen) atoms. The molecule has 1 aliphatic heterocycles.